The summed E-state index contributed by atoms with van der Waals surface area (Å²) in [6.45, 7) is 7.01. The number of amides is 1. The van der Waals surface area contributed by atoms with E-state index in [1.54, 1.807) is 19.9 Å². The molecule has 38 heavy (non-hydrogen) atoms. The number of nitrogens with two attached hydrogens (primary N) is 1. The summed E-state index contributed by atoms with van der Waals surface area (Å²) in [6.07, 6.45) is -0.188. The van der Waals surface area contributed by atoms with Crippen LogP contribution in [-0.4, -0.2) is 88.6 Å². The second-order valence-electron chi connectivity index (χ2n) is 11.0. The molecule has 2 bridgehead atoms. The molecule has 0 spiro atoms. The summed E-state index contributed by atoms with van der Waals surface area (Å²) in [7, 11) is 3.31. The molecule has 1 aliphatic carbocycles. The first-order valence-corrected chi connectivity index (χ1v) is 13.0. The topological polar surface area (TPSA) is 145 Å². The minimum Gasteiger partial charge on any atom is -0.508 e. The van der Waals surface area contributed by atoms with Crippen molar-refractivity contribution < 1.29 is 29.3 Å². The monoisotopic (exact) mass is 524 g/mol. The number of nitrogens with zero attached hydrogens (tertiary/aromatic N) is 2. The van der Waals surface area contributed by atoms with Crippen molar-refractivity contribution in [3.63, 3.8) is 0 Å². The molecule has 5 N–H and O–H groups in total. The maximum atomic E-state index is 13.7. The zero-order chi connectivity index (χ0) is 27.8. The first-order valence-electron chi connectivity index (χ1n) is 13.0. The highest BCUT2D eigenvalue weighted by Gasteiger charge is 2.56. The largest absolute Gasteiger partial charge is 0.508 e. The summed E-state index contributed by atoms with van der Waals surface area (Å²) in [5, 5.41) is 25.4. The van der Waals surface area contributed by atoms with E-state index >= 15 is 0 Å². The van der Waals surface area contributed by atoms with Crippen LogP contribution in [0.3, 0.4) is 0 Å². The van der Waals surface area contributed by atoms with Gasteiger partial charge in [-0.1, -0.05) is 0 Å². The fourth-order valence-electron chi connectivity index (χ4n) is 6.88. The number of phenols is 1. The van der Waals surface area contributed by atoms with Gasteiger partial charge in [-0.2, -0.15) is 0 Å². The minimum absolute atomic E-state index is 0.00395. The van der Waals surface area contributed by atoms with Crippen LogP contribution >= 0.6 is 0 Å². The zero-order valence-corrected chi connectivity index (χ0v) is 22.7. The summed E-state index contributed by atoms with van der Waals surface area (Å²) in [5.41, 5.74) is 10.5. The number of carbonyl (C=O) groups is 3. The summed E-state index contributed by atoms with van der Waals surface area (Å²) >= 11 is 0. The normalized spacial score (nSPS) is 30.1. The van der Waals surface area contributed by atoms with Crippen molar-refractivity contribution in [1.82, 2.24) is 15.1 Å². The Balaban J connectivity index is 1.68. The number of ether oxygens (including phenoxy) is 1. The summed E-state index contributed by atoms with van der Waals surface area (Å²) in [4.78, 5) is 43.7. The number of aliphatic hydroxyl groups excluding tert-OH is 1. The van der Waals surface area contributed by atoms with Gasteiger partial charge in [0.15, 0.2) is 11.5 Å². The second-order valence-corrected chi connectivity index (χ2v) is 11.0. The molecule has 5 rings (SSSR count). The highest BCUT2D eigenvalue weighted by atomic mass is 16.5. The molecule has 1 amide bonds. The van der Waals surface area contributed by atoms with E-state index in [4.69, 9.17) is 10.5 Å². The molecule has 0 aromatic heterocycles. The molecule has 204 valence electrons. The maximum Gasteiger partial charge on any atom is 0.236 e. The van der Waals surface area contributed by atoms with Crippen molar-refractivity contribution in [2.75, 3.05) is 20.7 Å². The van der Waals surface area contributed by atoms with Crippen LogP contribution in [0, 0.1) is 13.8 Å². The smallest absolute Gasteiger partial charge is 0.236 e. The van der Waals surface area contributed by atoms with Gasteiger partial charge in [0.25, 0.3) is 0 Å². The van der Waals surface area contributed by atoms with E-state index < -0.39 is 36.0 Å². The van der Waals surface area contributed by atoms with Crippen LogP contribution in [0.15, 0.2) is 28.5 Å². The predicted molar refractivity (Wildman–Crippen MR) is 139 cm³/mol. The Kier molecular flexibility index (Phi) is 6.50. The van der Waals surface area contributed by atoms with Gasteiger partial charge >= 0.3 is 0 Å². The summed E-state index contributed by atoms with van der Waals surface area (Å²) < 4.78 is 5.34. The van der Waals surface area contributed by atoms with Crippen LogP contribution in [0.1, 0.15) is 48.6 Å². The summed E-state index contributed by atoms with van der Waals surface area (Å²) in [6, 6.07) is -0.680. The Morgan fingerprint density at radius 1 is 1.18 bits per heavy atom. The van der Waals surface area contributed by atoms with E-state index in [1.165, 1.54) is 7.11 Å². The molecule has 1 saturated heterocycles. The summed E-state index contributed by atoms with van der Waals surface area (Å²) in [5.74, 6) is -0.875. The average Bonchev–Trinajstić information content (AvgIpc) is 2.87. The molecule has 1 fully saturated rings. The third-order valence-electron chi connectivity index (χ3n) is 9.06. The highest BCUT2D eigenvalue weighted by Crippen LogP contribution is 2.50. The molecule has 3 heterocycles. The lowest BCUT2D eigenvalue weighted by atomic mass is 9.70. The van der Waals surface area contributed by atoms with Crippen molar-refractivity contribution in [2.24, 2.45) is 5.73 Å². The van der Waals surface area contributed by atoms with Crippen LogP contribution in [0.2, 0.25) is 0 Å². The number of likely N-dealkylation sites (N-methyl/N-ethyl adjacent to an activating group) is 1. The number of aromatic hydroxyl groups is 1. The van der Waals surface area contributed by atoms with Gasteiger partial charge in [0.1, 0.15) is 12.0 Å². The Morgan fingerprint density at radius 2 is 1.87 bits per heavy atom. The third kappa shape index (κ3) is 3.65. The number of rotatable bonds is 4. The van der Waals surface area contributed by atoms with E-state index in [0.29, 0.717) is 12.0 Å². The molecule has 1 aromatic rings. The first kappa shape index (κ1) is 26.6. The van der Waals surface area contributed by atoms with Crippen molar-refractivity contribution in [3.05, 3.63) is 50.8 Å². The van der Waals surface area contributed by atoms with Crippen molar-refractivity contribution in [2.45, 2.75) is 77.0 Å². The number of hydrogen-bond acceptors (Lipinski definition) is 9. The number of hydrogen-bond donors (Lipinski definition) is 4. The van der Waals surface area contributed by atoms with Crippen LogP contribution in [0.25, 0.3) is 0 Å². The Bertz CT molecular complexity index is 1310. The number of phenolic OH excluding ortho intramolecular Hbond substituents is 1. The van der Waals surface area contributed by atoms with Gasteiger partial charge in [-0.3, -0.25) is 24.2 Å². The number of carbonyl (C=O) groups excluding carboxylic acids is 3. The van der Waals surface area contributed by atoms with E-state index in [9.17, 15) is 24.6 Å². The number of ketones is 2. The van der Waals surface area contributed by atoms with E-state index in [-0.39, 0.29) is 53.5 Å². The molecule has 4 aliphatic rings. The number of benzene rings is 1. The number of Topliss-reactive ketones (excluding diaryl/α,β-unsaturated/α-hetero) is 2. The standard InChI is InChI=1S/C28H36N4O6/c1-11-12(2)21(33)9-16-15(11)7-19-28(37)32-18(23(16)31(19)5)8-17-22(20(32)10-30-27(36)14(4)29)25(35)26(38-6)13(3)24(17)34/h9,14,18-20,23,28,33,37H,7-8,10,29H2,1-6H3,(H,30,36)/t14-,18-,19-,20-,23-,28-/m0/s1. The third-order valence-corrected chi connectivity index (χ3v) is 9.06. The van der Waals surface area contributed by atoms with Gasteiger partial charge in [-0.05, 0) is 75.9 Å². The number of fused-ring (bicyclic) bond motifs is 6. The highest BCUT2D eigenvalue weighted by molar-refractivity contribution is 6.25. The molecule has 0 saturated carbocycles. The van der Waals surface area contributed by atoms with Crippen LogP contribution in [0.5, 0.6) is 5.75 Å². The number of piperazine rings is 1. The Morgan fingerprint density at radius 3 is 2.50 bits per heavy atom. The van der Waals surface area contributed by atoms with Gasteiger partial charge < -0.3 is 26.0 Å². The maximum absolute atomic E-state index is 13.7. The molecular weight excluding hydrogens is 488 g/mol. The molecule has 6 atom stereocenters. The predicted octanol–water partition coefficient (Wildman–Crippen LogP) is 0.514. The van der Waals surface area contributed by atoms with Crippen LogP contribution in [-0.2, 0) is 25.5 Å². The molecular formula is C28H36N4O6. The first-order chi connectivity index (χ1) is 17.9. The fraction of sp³-hybridized carbons (Fsp3) is 0.536. The second kappa shape index (κ2) is 9.30. The molecule has 10 nitrogen and oxygen atoms in total. The van der Waals surface area contributed by atoms with E-state index in [1.807, 2.05) is 25.8 Å². The lowest BCUT2D eigenvalue weighted by Gasteiger charge is -2.60. The van der Waals surface area contributed by atoms with Gasteiger partial charge in [0.05, 0.1) is 31.3 Å². The van der Waals surface area contributed by atoms with Gasteiger partial charge in [0, 0.05) is 29.3 Å². The average molecular weight is 525 g/mol. The lowest BCUT2D eigenvalue weighted by Crippen LogP contribution is -2.71. The zero-order valence-electron chi connectivity index (χ0n) is 22.7. The minimum atomic E-state index is -0.977. The molecule has 3 aliphatic heterocycles. The van der Waals surface area contributed by atoms with E-state index in [2.05, 4.69) is 10.2 Å². The van der Waals surface area contributed by atoms with Crippen molar-refractivity contribution in [3.8, 4) is 5.75 Å². The fourth-order valence-corrected chi connectivity index (χ4v) is 6.88. The Labute approximate surface area is 222 Å². The van der Waals surface area contributed by atoms with E-state index in [0.717, 1.165) is 22.3 Å². The van der Waals surface area contributed by atoms with Crippen LogP contribution < -0.4 is 11.1 Å². The quantitative estimate of drug-likeness (QED) is 0.414. The lowest BCUT2D eigenvalue weighted by molar-refractivity contribution is -0.166. The van der Waals surface area contributed by atoms with Gasteiger partial charge in [-0.15, -0.1) is 0 Å². The molecule has 1 aromatic carbocycles. The molecule has 0 unspecified atom stereocenters. The SMILES string of the molecule is COC1=C(C)C(=O)C2=C(C1=O)[C@H](CNC(=O)[C@H](C)N)N1[C@@H](O)[C@@H]3Cc4c(cc(O)c(C)c4C)[C@@H]([C@@H]1C2)N3C. The van der Waals surface area contributed by atoms with Gasteiger partial charge in [0.2, 0.25) is 11.7 Å². The van der Waals surface area contributed by atoms with Gasteiger partial charge in [-0.25, -0.2) is 0 Å². The number of aliphatic hydroxyl groups is 1. The van der Waals surface area contributed by atoms with Crippen molar-refractivity contribution >= 4 is 17.5 Å². The number of nitrogens with one attached hydrogen (secondary N) is 1. The number of allylic oxidation sites excluding steroid dienone is 2. The van der Waals surface area contributed by atoms with Crippen LogP contribution in [0.4, 0.5) is 0 Å². The molecule has 10 heteroatoms. The number of methoxy groups -OCH3 is 1. The van der Waals surface area contributed by atoms with Crippen molar-refractivity contribution in [1.29, 1.82) is 0 Å². The molecule has 0 radical (unpaired) electrons. The Hall–Kier alpha value is -3.05.